The molecule has 55 heavy (non-hydrogen) atoms. The van der Waals surface area contributed by atoms with Crippen LogP contribution in [0.1, 0.15) is 31.8 Å². The Bertz CT molecular complexity index is 2550. The maximum absolute atomic E-state index is 11.4. The highest BCUT2D eigenvalue weighted by Gasteiger charge is 2.14. The van der Waals surface area contributed by atoms with Crippen LogP contribution in [-0.4, -0.2) is 75.3 Å². The van der Waals surface area contributed by atoms with Crippen molar-refractivity contribution in [3.05, 3.63) is 101 Å². The quantitative estimate of drug-likeness (QED) is 0.0426. The van der Waals surface area contributed by atoms with E-state index >= 15 is 0 Å². The Labute approximate surface area is 312 Å². The molecular formula is C33H30N10O10S2. The minimum atomic E-state index is -4.42. The van der Waals surface area contributed by atoms with Gasteiger partial charge in [0.1, 0.15) is 0 Å². The molecule has 0 saturated carbocycles. The van der Waals surface area contributed by atoms with Gasteiger partial charge in [0.25, 0.3) is 20.2 Å². The lowest BCUT2D eigenvalue weighted by atomic mass is 10.1. The Kier molecular flexibility index (Phi) is 11.8. The Balaban J connectivity index is 1.36. The van der Waals surface area contributed by atoms with Crippen LogP contribution in [0.25, 0.3) is 0 Å². The molecule has 0 bridgehead atoms. The third kappa shape index (κ3) is 11.4. The van der Waals surface area contributed by atoms with Crippen molar-refractivity contribution in [2.45, 2.75) is 18.7 Å². The fraction of sp³-hybridized carbons (Fsp3) is 0.121. The van der Waals surface area contributed by atoms with Gasteiger partial charge in [0.2, 0.25) is 17.8 Å². The Morgan fingerprint density at radius 2 is 1.15 bits per heavy atom. The van der Waals surface area contributed by atoms with Crippen LogP contribution in [-0.2, 0) is 20.2 Å². The summed E-state index contributed by atoms with van der Waals surface area (Å²) in [4.78, 5) is 35.5. The molecule has 20 nitrogen and oxygen atoms in total. The number of aromatic nitrogens is 3. The van der Waals surface area contributed by atoms with E-state index in [1.807, 2.05) is 0 Å². The molecule has 0 spiro atoms. The predicted molar refractivity (Wildman–Crippen MR) is 199 cm³/mol. The van der Waals surface area contributed by atoms with Crippen molar-refractivity contribution in [3.8, 4) is 0 Å². The van der Waals surface area contributed by atoms with Crippen molar-refractivity contribution < 1.29 is 45.7 Å². The Morgan fingerprint density at radius 3 is 1.62 bits per heavy atom. The van der Waals surface area contributed by atoms with Gasteiger partial charge in [-0.05, 0) is 97.8 Å². The fourth-order valence-electron chi connectivity index (χ4n) is 4.65. The summed E-state index contributed by atoms with van der Waals surface area (Å²) in [5.74, 6) is -3.23. The number of hydrogen-bond donors (Lipinski definition) is 7. The van der Waals surface area contributed by atoms with Crippen LogP contribution in [0.15, 0.2) is 104 Å². The predicted octanol–water partition coefficient (Wildman–Crippen LogP) is 6.75. The third-order valence-corrected chi connectivity index (χ3v) is 8.83. The molecular weight excluding hydrogens is 761 g/mol. The largest absolute Gasteiger partial charge is 0.478 e. The minimum absolute atomic E-state index is 0.0245. The van der Waals surface area contributed by atoms with Gasteiger partial charge in [0.05, 0.1) is 44.5 Å². The number of hydrogen-bond acceptors (Lipinski definition) is 16. The molecule has 1 heterocycles. The van der Waals surface area contributed by atoms with E-state index in [1.165, 1.54) is 36.4 Å². The van der Waals surface area contributed by atoms with Crippen LogP contribution >= 0.6 is 0 Å². The van der Waals surface area contributed by atoms with Crippen molar-refractivity contribution >= 4 is 84.1 Å². The van der Waals surface area contributed by atoms with Gasteiger partial charge in [-0.3, -0.25) is 9.11 Å². The number of carbonyl (C=O) groups is 2. The summed E-state index contributed by atoms with van der Waals surface area (Å²) < 4.78 is 63.9. The lowest BCUT2D eigenvalue weighted by Crippen LogP contribution is -2.17. The highest BCUT2D eigenvalue weighted by Crippen LogP contribution is 2.29. The summed E-state index contributed by atoms with van der Waals surface area (Å²) in [6, 6.07) is 18.6. The standard InChI is InChI=1S/C33H30N10O10S2/c1-18-12-22(6-8-27(18)42-40-24-4-3-5-26(17-24)55(51,52)53)35-32-37-31(34-10-11-54(48,49)50)38-33(39-32)36-23-7-9-28(19(2)13-23)43-41-25-15-20(29(44)45)14-21(16-25)30(46)47/h3-9,12-17H,10-11H2,1-2H3,(H,44,45)(H,46,47)(H,48,49,50)(H,51,52,53)(H3,34,35,36,37,38,39)/b42-40+,43-41+. The first-order valence-corrected chi connectivity index (χ1v) is 18.7. The van der Waals surface area contributed by atoms with Crippen LogP contribution in [0.2, 0.25) is 0 Å². The molecule has 284 valence electrons. The molecule has 0 radical (unpaired) electrons. The zero-order valence-electron chi connectivity index (χ0n) is 28.6. The number of aryl methyl sites for hydroxylation is 2. The van der Waals surface area contributed by atoms with Gasteiger partial charge >= 0.3 is 11.9 Å². The second-order valence-corrected chi connectivity index (χ2v) is 14.5. The first-order valence-electron chi connectivity index (χ1n) is 15.6. The lowest BCUT2D eigenvalue weighted by Gasteiger charge is -2.12. The molecule has 0 aliphatic carbocycles. The number of carboxylic acids is 2. The number of rotatable bonds is 15. The second-order valence-electron chi connectivity index (χ2n) is 11.5. The SMILES string of the molecule is Cc1cc(Nc2nc(NCCS(=O)(=O)O)nc(Nc3ccc(/N=N/c4cccc(S(=O)(=O)O)c4)c(C)c3)n2)ccc1/N=N/c1cc(C(=O)O)cc(C(=O)O)c1. The van der Waals surface area contributed by atoms with Crippen molar-refractivity contribution in [2.24, 2.45) is 20.5 Å². The van der Waals surface area contributed by atoms with Crippen LogP contribution < -0.4 is 16.0 Å². The summed E-state index contributed by atoms with van der Waals surface area (Å²) in [5.41, 5.74) is 2.81. The van der Waals surface area contributed by atoms with E-state index in [0.29, 0.717) is 33.9 Å². The molecule has 0 atom stereocenters. The van der Waals surface area contributed by atoms with Crippen molar-refractivity contribution in [2.75, 3.05) is 28.2 Å². The fourth-order valence-corrected chi connectivity index (χ4v) is 5.53. The molecule has 0 aliphatic rings. The van der Waals surface area contributed by atoms with Gasteiger partial charge in [-0.1, -0.05) is 6.07 Å². The van der Waals surface area contributed by atoms with Gasteiger partial charge < -0.3 is 26.2 Å². The lowest BCUT2D eigenvalue weighted by molar-refractivity contribution is 0.0696. The molecule has 0 amide bonds. The number of anilines is 5. The van der Waals surface area contributed by atoms with Gasteiger partial charge in [-0.2, -0.15) is 52.2 Å². The smallest absolute Gasteiger partial charge is 0.335 e. The van der Waals surface area contributed by atoms with Crippen molar-refractivity contribution in [3.63, 3.8) is 0 Å². The third-order valence-electron chi connectivity index (χ3n) is 7.26. The Morgan fingerprint density at radius 1 is 0.636 bits per heavy atom. The number of nitrogens with one attached hydrogen (secondary N) is 3. The Hall–Kier alpha value is -6.75. The zero-order valence-corrected chi connectivity index (χ0v) is 30.2. The zero-order chi connectivity index (χ0) is 39.9. The molecule has 1 aromatic heterocycles. The molecule has 0 unspecified atom stereocenters. The summed E-state index contributed by atoms with van der Waals surface area (Å²) in [6.45, 7) is 3.25. The molecule has 22 heteroatoms. The van der Waals surface area contributed by atoms with E-state index in [1.54, 1.807) is 50.2 Å². The van der Waals surface area contributed by atoms with Crippen LogP contribution in [0.5, 0.6) is 0 Å². The van der Waals surface area contributed by atoms with Crippen molar-refractivity contribution in [1.29, 1.82) is 0 Å². The summed E-state index contributed by atoms with van der Waals surface area (Å²) in [7, 11) is -8.70. The molecule has 5 aromatic rings. The monoisotopic (exact) mass is 790 g/mol. The van der Waals surface area contributed by atoms with Gasteiger partial charge in [0, 0.05) is 17.9 Å². The molecule has 4 aromatic carbocycles. The van der Waals surface area contributed by atoms with Crippen molar-refractivity contribution in [1.82, 2.24) is 15.0 Å². The van der Waals surface area contributed by atoms with E-state index in [4.69, 9.17) is 4.55 Å². The molecule has 0 fully saturated rings. The molecule has 0 saturated heterocycles. The number of carboxylic acid groups (broad SMARTS) is 2. The number of benzene rings is 4. The molecule has 7 N–H and O–H groups in total. The summed E-state index contributed by atoms with van der Waals surface area (Å²) >= 11 is 0. The van der Waals surface area contributed by atoms with E-state index in [-0.39, 0.29) is 51.8 Å². The average molecular weight is 791 g/mol. The maximum atomic E-state index is 11.4. The average Bonchev–Trinajstić information content (AvgIpc) is 3.10. The van der Waals surface area contributed by atoms with E-state index in [9.17, 15) is 41.2 Å². The van der Waals surface area contributed by atoms with Gasteiger partial charge in [0.15, 0.2) is 0 Å². The number of aromatic carboxylic acids is 2. The van der Waals surface area contributed by atoms with Gasteiger partial charge in [-0.15, -0.1) is 0 Å². The second kappa shape index (κ2) is 16.5. The normalized spacial score (nSPS) is 11.9. The van der Waals surface area contributed by atoms with E-state index < -0.39 is 37.9 Å². The van der Waals surface area contributed by atoms with E-state index in [0.717, 1.165) is 6.07 Å². The number of azo groups is 2. The topological polar surface area (TPSA) is 308 Å². The van der Waals surface area contributed by atoms with Crippen LogP contribution in [0.3, 0.4) is 0 Å². The van der Waals surface area contributed by atoms with E-state index in [2.05, 4.69) is 51.4 Å². The highest BCUT2D eigenvalue weighted by molar-refractivity contribution is 7.86. The molecule has 0 aliphatic heterocycles. The first kappa shape index (κ1) is 39.5. The first-order chi connectivity index (χ1) is 25.9. The van der Waals surface area contributed by atoms with Gasteiger partial charge in [-0.25, -0.2) is 9.59 Å². The van der Waals surface area contributed by atoms with Crippen LogP contribution in [0, 0.1) is 13.8 Å². The number of nitrogens with zero attached hydrogens (tertiary/aromatic N) is 7. The summed E-state index contributed by atoms with van der Waals surface area (Å²) in [6.07, 6.45) is 0. The van der Waals surface area contributed by atoms with Crippen LogP contribution in [0.4, 0.5) is 52.0 Å². The summed E-state index contributed by atoms with van der Waals surface area (Å²) in [5, 5.41) is 43.8. The molecule has 5 rings (SSSR count). The minimum Gasteiger partial charge on any atom is -0.478 e. The maximum Gasteiger partial charge on any atom is 0.335 e. The highest BCUT2D eigenvalue weighted by atomic mass is 32.2.